The first-order valence-electron chi connectivity index (χ1n) is 1.32. The van der Waals surface area contributed by atoms with Crippen LogP contribution in [0.5, 0.6) is 0 Å². The summed E-state index contributed by atoms with van der Waals surface area (Å²) in [6.07, 6.45) is 0. The molecule has 0 fully saturated rings. The Morgan fingerprint density at radius 2 is 1.12 bits per heavy atom. The monoisotopic (exact) mass is 152 g/mol. The largest absolute Gasteiger partial charge is 0.493 e. The third kappa shape index (κ3) is 1.86. The molecule has 7 heteroatoms. The molecule has 0 unspecified atom stereocenters. The van der Waals surface area contributed by atoms with Gasteiger partial charge in [0.2, 0.25) is 0 Å². The fourth-order valence-corrected chi connectivity index (χ4v) is 0. The van der Waals surface area contributed by atoms with Crippen LogP contribution in [0.15, 0.2) is 0 Å². The Hall–Kier alpha value is 0.0200. The van der Waals surface area contributed by atoms with E-state index in [2.05, 4.69) is 0 Å². The first-order valence-corrected chi connectivity index (χ1v) is 2.82. The minimum atomic E-state index is -5.34. The molecule has 8 heavy (non-hydrogen) atoms. The van der Waals surface area contributed by atoms with Crippen molar-refractivity contribution in [2.24, 2.45) is 0 Å². The first kappa shape index (κ1) is 8.02. The van der Waals surface area contributed by atoms with Gasteiger partial charge in [-0.3, -0.25) is 0 Å². The summed E-state index contributed by atoms with van der Waals surface area (Å²) in [4.78, 5) is 0. The van der Waals surface area contributed by atoms with E-state index in [4.69, 9.17) is 13.7 Å². The zero-order chi connectivity index (χ0) is 7.00. The molecule has 0 bridgehead atoms. The maximum absolute atomic E-state index is 10.8. The number of hydrogen-bond acceptors (Lipinski definition) is 3. The van der Waals surface area contributed by atoms with E-state index in [9.17, 15) is 13.2 Å². The molecule has 0 aliphatic rings. The molecule has 0 aromatic carbocycles. The molecule has 0 spiro atoms. The smallest absolute Gasteiger partial charge is 0.302 e. The molecule has 0 rings (SSSR count). The lowest BCUT2D eigenvalue weighted by Crippen LogP contribution is -2.17. The van der Waals surface area contributed by atoms with Gasteiger partial charge in [0, 0.05) is 0 Å². The Bertz CT molecular complexity index is 69.5. The van der Waals surface area contributed by atoms with Gasteiger partial charge in [-0.1, -0.05) is 0 Å². The van der Waals surface area contributed by atoms with Gasteiger partial charge < -0.3 is 13.7 Å². The van der Waals surface area contributed by atoms with Crippen LogP contribution in [0.4, 0.5) is 13.2 Å². The van der Waals surface area contributed by atoms with E-state index in [-0.39, 0.29) is 0 Å². The molecule has 0 aliphatic heterocycles. The van der Waals surface area contributed by atoms with Crippen LogP contribution in [0.25, 0.3) is 0 Å². The van der Waals surface area contributed by atoms with Crippen LogP contribution in [-0.4, -0.2) is 19.2 Å². The summed E-state index contributed by atoms with van der Waals surface area (Å²) < 4.78 is 54.8. The van der Waals surface area contributed by atoms with Crippen molar-refractivity contribution in [2.75, 3.05) is 0 Å². The topological polar surface area (TPSA) is 60.7 Å². The van der Waals surface area contributed by atoms with Gasteiger partial charge in [0.1, 0.15) is 0 Å². The van der Waals surface area contributed by atoms with E-state index in [0.717, 1.165) is 0 Å². The second kappa shape index (κ2) is 1.76. The van der Waals surface area contributed by atoms with Crippen LogP contribution >= 0.6 is 10.9 Å². The average molecular weight is 152 g/mol. The van der Waals surface area contributed by atoms with Crippen LogP contribution in [0.3, 0.4) is 0 Å². The predicted octanol–water partition coefficient (Wildman–Crippen LogP) is 1.73. The van der Waals surface area contributed by atoms with Gasteiger partial charge in [-0.25, -0.2) is 0 Å². The van der Waals surface area contributed by atoms with E-state index in [1.165, 1.54) is 0 Å². The van der Waals surface area contributed by atoms with Crippen molar-refractivity contribution in [2.45, 2.75) is 5.51 Å². The van der Waals surface area contributed by atoms with Gasteiger partial charge in [0.05, 0.1) is 0 Å². The highest BCUT2D eigenvalue weighted by Gasteiger charge is 2.47. The van der Waals surface area contributed by atoms with Gasteiger partial charge in [0.25, 0.3) is 0 Å². The molecular formula is CH3F3O3S. The zero-order valence-electron chi connectivity index (χ0n) is 3.38. The Morgan fingerprint density at radius 1 is 1.00 bits per heavy atom. The molecule has 3 N–H and O–H groups in total. The highest BCUT2D eigenvalue weighted by atomic mass is 32.3. The maximum atomic E-state index is 10.8. The van der Waals surface area contributed by atoms with Crippen molar-refractivity contribution >= 4 is 10.9 Å². The van der Waals surface area contributed by atoms with E-state index in [0.29, 0.717) is 0 Å². The molecule has 0 aromatic heterocycles. The van der Waals surface area contributed by atoms with Gasteiger partial charge >= 0.3 is 5.51 Å². The quantitative estimate of drug-likeness (QED) is 0.495. The molecule has 0 saturated heterocycles. The molecular weight excluding hydrogens is 149 g/mol. The summed E-state index contributed by atoms with van der Waals surface area (Å²) >= 11 is 0. The number of halogens is 3. The molecule has 3 nitrogen and oxygen atoms in total. The Kier molecular flexibility index (Phi) is 1.77. The van der Waals surface area contributed by atoms with E-state index in [1.54, 1.807) is 0 Å². The van der Waals surface area contributed by atoms with Crippen molar-refractivity contribution in [1.82, 2.24) is 0 Å². The average Bonchev–Trinajstić information content (AvgIpc) is 1.25. The van der Waals surface area contributed by atoms with Crippen LogP contribution in [0, 0.1) is 0 Å². The Balaban J connectivity index is 4.02. The van der Waals surface area contributed by atoms with E-state index in [1.807, 2.05) is 0 Å². The van der Waals surface area contributed by atoms with Crippen molar-refractivity contribution in [3.63, 3.8) is 0 Å². The fourth-order valence-electron chi connectivity index (χ4n) is 0. The number of rotatable bonds is 0. The summed E-state index contributed by atoms with van der Waals surface area (Å²) in [5, 5.41) is 0. The fraction of sp³-hybridized carbons (Fsp3) is 1.00. The highest BCUT2D eigenvalue weighted by Crippen LogP contribution is 2.51. The van der Waals surface area contributed by atoms with Crippen LogP contribution in [0.2, 0.25) is 0 Å². The highest BCUT2D eigenvalue weighted by molar-refractivity contribution is 8.20. The SMILES string of the molecule is OS(O)(O)C(F)(F)F. The molecule has 0 aliphatic carbocycles. The standard InChI is InChI=1S/CH3F3O3S/c2-1(3,4)8(5,6)7/h5-7H. The first-order chi connectivity index (χ1) is 3.25. The second-order valence-electron chi connectivity index (χ2n) is 0.965. The summed E-state index contributed by atoms with van der Waals surface area (Å²) in [6.45, 7) is 0. The third-order valence-corrected chi connectivity index (χ3v) is 0.932. The van der Waals surface area contributed by atoms with Gasteiger partial charge in [-0.05, 0) is 0 Å². The van der Waals surface area contributed by atoms with Gasteiger partial charge in [-0.15, -0.1) is 0 Å². The van der Waals surface area contributed by atoms with Crippen molar-refractivity contribution in [3.8, 4) is 0 Å². The lowest BCUT2D eigenvalue weighted by Gasteiger charge is -2.20. The summed E-state index contributed by atoms with van der Waals surface area (Å²) in [7, 11) is -5.34. The molecule has 0 saturated carbocycles. The molecule has 0 heterocycles. The molecule has 0 radical (unpaired) electrons. The lowest BCUT2D eigenvalue weighted by molar-refractivity contribution is -0.0626. The Morgan fingerprint density at radius 3 is 1.12 bits per heavy atom. The van der Waals surface area contributed by atoms with E-state index < -0.39 is 16.4 Å². The van der Waals surface area contributed by atoms with Crippen molar-refractivity contribution in [1.29, 1.82) is 0 Å². The van der Waals surface area contributed by atoms with Crippen LogP contribution < -0.4 is 0 Å². The minimum absolute atomic E-state index is 5.31. The maximum Gasteiger partial charge on any atom is 0.493 e. The number of alkyl halides is 3. The van der Waals surface area contributed by atoms with E-state index >= 15 is 0 Å². The van der Waals surface area contributed by atoms with Crippen molar-refractivity contribution in [3.05, 3.63) is 0 Å². The predicted molar refractivity (Wildman–Crippen MR) is 21.5 cm³/mol. The second-order valence-corrected chi connectivity index (χ2v) is 2.47. The van der Waals surface area contributed by atoms with Gasteiger partial charge in [-0.2, -0.15) is 13.2 Å². The molecule has 0 amide bonds. The lowest BCUT2D eigenvalue weighted by atomic mass is 11.6. The normalized spacial score (nSPS) is 16.2. The third-order valence-electron chi connectivity index (χ3n) is 0.311. The zero-order valence-corrected chi connectivity index (χ0v) is 4.20. The minimum Gasteiger partial charge on any atom is -0.302 e. The molecule has 0 aromatic rings. The summed E-state index contributed by atoms with van der Waals surface area (Å²) in [6, 6.07) is 0. The Labute approximate surface area is 44.3 Å². The molecule has 0 atom stereocenters. The van der Waals surface area contributed by atoms with Crippen LogP contribution in [0.1, 0.15) is 0 Å². The summed E-state index contributed by atoms with van der Waals surface area (Å²) in [5.41, 5.74) is -5.31. The molecule has 52 valence electrons. The number of hydrogen-bond donors (Lipinski definition) is 3. The van der Waals surface area contributed by atoms with Crippen LogP contribution in [-0.2, 0) is 0 Å². The van der Waals surface area contributed by atoms with Crippen molar-refractivity contribution < 1.29 is 26.8 Å². The van der Waals surface area contributed by atoms with Gasteiger partial charge in [0.15, 0.2) is 10.9 Å². The summed E-state index contributed by atoms with van der Waals surface area (Å²) in [5.74, 6) is 0.